The average molecular weight is 512 g/mol. The smallest absolute Gasteiger partial charge is 0.337 e. The first-order chi connectivity index (χ1) is 17.3. The molecule has 0 saturated carbocycles. The van der Waals surface area contributed by atoms with Crippen molar-refractivity contribution < 1.29 is 18.0 Å². The molecule has 36 heavy (non-hydrogen) atoms. The summed E-state index contributed by atoms with van der Waals surface area (Å²) in [5, 5.41) is 17.6. The molecular weight excluding hydrogens is 495 g/mol. The molecule has 0 unspecified atom stereocenters. The first kappa shape index (κ1) is 23.4. The number of nitrogens with one attached hydrogen (secondary N) is 3. The van der Waals surface area contributed by atoms with Crippen molar-refractivity contribution in [1.29, 1.82) is 0 Å². The van der Waals surface area contributed by atoms with Crippen molar-refractivity contribution in [3.05, 3.63) is 83.9 Å². The summed E-state index contributed by atoms with van der Waals surface area (Å²) >= 11 is 5.62. The quantitative estimate of drug-likeness (QED) is 0.264. The molecule has 5 aromatic rings. The fourth-order valence-electron chi connectivity index (χ4n) is 3.63. The maximum atomic E-state index is 13.1. The van der Waals surface area contributed by atoms with E-state index < -0.39 is 22.7 Å². The predicted octanol–water partition coefficient (Wildman–Crippen LogP) is 5.88. The maximum Gasteiger partial charge on any atom is 0.417 e. The van der Waals surface area contributed by atoms with Crippen LogP contribution in [0.1, 0.15) is 5.56 Å². The molecule has 0 aliphatic rings. The zero-order valence-electron chi connectivity index (χ0n) is 18.3. The van der Waals surface area contributed by atoms with Crippen LogP contribution in [0.25, 0.3) is 22.0 Å². The van der Waals surface area contributed by atoms with Gasteiger partial charge in [-0.1, -0.05) is 17.7 Å². The molecular formula is C24H17ClF3N7O. The number of alkyl halides is 3. The number of hydrogen-bond acceptors (Lipinski definition) is 5. The van der Waals surface area contributed by atoms with Crippen LogP contribution in [0.5, 0.6) is 0 Å². The lowest BCUT2D eigenvalue weighted by molar-refractivity contribution is -0.137. The van der Waals surface area contributed by atoms with Crippen molar-refractivity contribution in [2.45, 2.75) is 12.7 Å². The van der Waals surface area contributed by atoms with Crippen molar-refractivity contribution in [3.63, 3.8) is 0 Å². The molecule has 0 saturated heterocycles. The first-order valence-corrected chi connectivity index (χ1v) is 11.0. The van der Waals surface area contributed by atoms with Gasteiger partial charge in [0.1, 0.15) is 6.54 Å². The van der Waals surface area contributed by atoms with Crippen molar-refractivity contribution in [2.24, 2.45) is 0 Å². The summed E-state index contributed by atoms with van der Waals surface area (Å²) in [5.74, 6) is 0.128. The van der Waals surface area contributed by atoms with E-state index in [1.54, 1.807) is 24.8 Å². The average Bonchev–Trinajstić information content (AvgIpc) is 3.47. The summed E-state index contributed by atoms with van der Waals surface area (Å²) in [6.45, 7) is -0.185. The molecule has 0 atom stereocenters. The van der Waals surface area contributed by atoms with E-state index in [0.717, 1.165) is 39.8 Å². The number of aromatic nitrogens is 5. The van der Waals surface area contributed by atoms with Gasteiger partial charge in [0.2, 0.25) is 5.91 Å². The minimum absolute atomic E-state index is 0.00972. The lowest BCUT2D eigenvalue weighted by atomic mass is 10.1. The van der Waals surface area contributed by atoms with E-state index in [2.05, 4.69) is 30.9 Å². The minimum Gasteiger partial charge on any atom is -0.337 e. The van der Waals surface area contributed by atoms with Gasteiger partial charge in [-0.05, 0) is 48.0 Å². The highest BCUT2D eigenvalue weighted by atomic mass is 35.5. The van der Waals surface area contributed by atoms with Gasteiger partial charge in [0, 0.05) is 29.0 Å². The third-order valence-corrected chi connectivity index (χ3v) is 5.64. The molecule has 0 spiro atoms. The molecule has 3 heterocycles. The second-order valence-corrected chi connectivity index (χ2v) is 8.27. The molecule has 8 nitrogen and oxygen atoms in total. The van der Waals surface area contributed by atoms with Crippen LogP contribution in [0.2, 0.25) is 5.02 Å². The Bertz CT molecular complexity index is 1550. The molecule has 0 aliphatic heterocycles. The Labute approximate surface area is 207 Å². The predicted molar refractivity (Wildman–Crippen MR) is 130 cm³/mol. The maximum absolute atomic E-state index is 13.1. The van der Waals surface area contributed by atoms with Gasteiger partial charge in [-0.3, -0.25) is 19.6 Å². The van der Waals surface area contributed by atoms with Gasteiger partial charge in [0.15, 0.2) is 5.82 Å². The highest BCUT2D eigenvalue weighted by Crippen LogP contribution is 2.36. The molecule has 0 bridgehead atoms. The minimum atomic E-state index is -4.62. The molecule has 3 N–H and O–H groups in total. The van der Waals surface area contributed by atoms with Crippen LogP contribution in [0, 0.1) is 0 Å². The van der Waals surface area contributed by atoms with Crippen LogP contribution in [0.3, 0.4) is 0 Å². The number of pyridine rings is 1. The highest BCUT2D eigenvalue weighted by molar-refractivity contribution is 6.31. The van der Waals surface area contributed by atoms with E-state index in [1.807, 2.05) is 30.3 Å². The van der Waals surface area contributed by atoms with E-state index in [1.165, 1.54) is 10.7 Å². The summed E-state index contributed by atoms with van der Waals surface area (Å²) in [6, 6.07) is 12.6. The first-order valence-electron chi connectivity index (χ1n) is 10.6. The van der Waals surface area contributed by atoms with Crippen LogP contribution in [0.4, 0.5) is 30.4 Å². The second-order valence-electron chi connectivity index (χ2n) is 7.87. The van der Waals surface area contributed by atoms with Gasteiger partial charge in [0.25, 0.3) is 0 Å². The molecule has 0 radical (unpaired) electrons. The number of hydrogen-bond donors (Lipinski definition) is 3. The molecule has 0 aliphatic carbocycles. The molecule has 3 aromatic heterocycles. The zero-order valence-corrected chi connectivity index (χ0v) is 19.1. The van der Waals surface area contributed by atoms with Crippen molar-refractivity contribution in [2.75, 3.05) is 10.6 Å². The van der Waals surface area contributed by atoms with Crippen LogP contribution >= 0.6 is 11.6 Å². The Morgan fingerprint density at radius 3 is 2.69 bits per heavy atom. The number of benzene rings is 2. The summed E-state index contributed by atoms with van der Waals surface area (Å²) in [4.78, 5) is 16.5. The monoisotopic (exact) mass is 511 g/mol. The van der Waals surface area contributed by atoms with E-state index in [-0.39, 0.29) is 12.2 Å². The number of aromatic amines is 1. The Morgan fingerprint density at radius 2 is 1.92 bits per heavy atom. The number of rotatable bonds is 6. The third-order valence-electron chi connectivity index (χ3n) is 5.31. The molecule has 1 amide bonds. The van der Waals surface area contributed by atoms with E-state index in [9.17, 15) is 18.0 Å². The SMILES string of the molecule is O=C(Cn1cc(-c2ccc3c(Nc4cccnc4)n[nH]c3c2)cn1)Nc1ccc(Cl)c(C(F)(F)F)c1. The second kappa shape index (κ2) is 9.34. The van der Waals surface area contributed by atoms with Crippen LogP contribution in [-0.2, 0) is 17.5 Å². The number of H-pyrrole nitrogens is 1. The number of halogens is 4. The van der Waals surface area contributed by atoms with Gasteiger partial charge in [0.05, 0.1) is 34.2 Å². The highest BCUT2D eigenvalue weighted by Gasteiger charge is 2.33. The molecule has 5 rings (SSSR count). The van der Waals surface area contributed by atoms with Gasteiger partial charge in [-0.15, -0.1) is 0 Å². The molecule has 12 heteroatoms. The fraction of sp³-hybridized carbons (Fsp3) is 0.0833. The van der Waals surface area contributed by atoms with Crippen LogP contribution in [0.15, 0.2) is 73.3 Å². The summed E-state index contributed by atoms with van der Waals surface area (Å²) < 4.78 is 40.6. The normalized spacial score (nSPS) is 11.6. The topological polar surface area (TPSA) is 101 Å². The number of carbonyl (C=O) groups excluding carboxylic acids is 1. The summed E-state index contributed by atoms with van der Waals surface area (Å²) in [5.41, 5.74) is 2.18. The van der Waals surface area contributed by atoms with Gasteiger partial charge >= 0.3 is 6.18 Å². The lowest BCUT2D eigenvalue weighted by Gasteiger charge is -2.11. The van der Waals surface area contributed by atoms with E-state index >= 15 is 0 Å². The number of fused-ring (bicyclic) bond motifs is 1. The number of anilines is 3. The number of carbonyl (C=O) groups is 1. The summed E-state index contributed by atoms with van der Waals surface area (Å²) in [7, 11) is 0. The Kier molecular flexibility index (Phi) is 6.06. The van der Waals surface area contributed by atoms with Crippen LogP contribution in [-0.4, -0.2) is 30.9 Å². The van der Waals surface area contributed by atoms with E-state index in [0.29, 0.717) is 5.82 Å². The van der Waals surface area contributed by atoms with Gasteiger partial charge in [-0.25, -0.2) is 0 Å². The number of amides is 1. The number of nitrogens with zero attached hydrogens (tertiary/aromatic N) is 4. The largest absolute Gasteiger partial charge is 0.417 e. The molecule has 2 aromatic carbocycles. The van der Waals surface area contributed by atoms with Gasteiger partial charge in [-0.2, -0.15) is 23.4 Å². The summed E-state index contributed by atoms with van der Waals surface area (Å²) in [6.07, 6.45) is 2.03. The molecule has 182 valence electrons. The molecule has 0 fully saturated rings. The van der Waals surface area contributed by atoms with Crippen LogP contribution < -0.4 is 10.6 Å². The van der Waals surface area contributed by atoms with E-state index in [4.69, 9.17) is 11.6 Å². The van der Waals surface area contributed by atoms with Crippen molar-refractivity contribution in [3.8, 4) is 11.1 Å². The fourth-order valence-corrected chi connectivity index (χ4v) is 3.86. The Balaban J connectivity index is 1.28. The Morgan fingerprint density at radius 1 is 1.06 bits per heavy atom. The van der Waals surface area contributed by atoms with Crippen molar-refractivity contribution in [1.82, 2.24) is 25.0 Å². The van der Waals surface area contributed by atoms with Crippen molar-refractivity contribution >= 4 is 45.6 Å². The standard InChI is InChI=1S/C24H17ClF3N7O/c25-20-6-4-16(9-19(20)24(26,27)28)31-22(36)13-35-12-15(10-30-35)14-3-5-18-21(8-14)33-34-23(18)32-17-2-1-7-29-11-17/h1-12H,13H2,(H,31,36)(H2,32,33,34). The third kappa shape index (κ3) is 5.01. The Hall–Kier alpha value is -4.38. The lowest BCUT2D eigenvalue weighted by Crippen LogP contribution is -2.19. The van der Waals surface area contributed by atoms with Gasteiger partial charge < -0.3 is 10.6 Å². The zero-order chi connectivity index (χ0) is 25.3.